The van der Waals surface area contributed by atoms with Gasteiger partial charge in [-0.15, -0.1) is 0 Å². The first-order valence-corrected chi connectivity index (χ1v) is 11.8. The maximum Gasteiger partial charge on any atom is 0.224 e. The van der Waals surface area contributed by atoms with E-state index in [0.29, 0.717) is 37.6 Å². The minimum atomic E-state index is -0.449. The summed E-state index contributed by atoms with van der Waals surface area (Å²) in [6.07, 6.45) is 2.29. The highest BCUT2D eigenvalue weighted by Crippen LogP contribution is 2.29. The van der Waals surface area contributed by atoms with Gasteiger partial charge in [-0.2, -0.15) is 0 Å². The Morgan fingerprint density at radius 1 is 1.03 bits per heavy atom. The van der Waals surface area contributed by atoms with Crippen LogP contribution in [0.15, 0.2) is 42.0 Å². The number of rotatable bonds is 6. The molecule has 0 radical (unpaired) electrons. The standard InChI is InChI=1S/C24H22Cl4N2O3/c1-14(31)29-7-6-23(32)30-12-17(8-15-2-4-19(25)21(27)10-15)24(33)18(13-30)9-16-3-5-20(26)22(28)11-16/h2-5,8,10-11,18H,6-7,9,12-13H2,1H3,(H,29,31)/b17-8+. The van der Waals surface area contributed by atoms with Crippen LogP contribution in [0.3, 0.4) is 0 Å². The number of carbonyl (C=O) groups is 3. The lowest BCUT2D eigenvalue weighted by molar-refractivity contribution is -0.134. The highest BCUT2D eigenvalue weighted by Gasteiger charge is 2.33. The maximum atomic E-state index is 13.3. The normalized spacial score (nSPS) is 17.4. The first-order valence-electron chi connectivity index (χ1n) is 10.3. The maximum absolute atomic E-state index is 13.3. The number of hydrogen-bond donors (Lipinski definition) is 1. The summed E-state index contributed by atoms with van der Waals surface area (Å²) in [5.41, 5.74) is 2.07. The van der Waals surface area contributed by atoms with Gasteiger partial charge in [0.15, 0.2) is 5.78 Å². The Labute approximate surface area is 212 Å². The van der Waals surface area contributed by atoms with Crippen LogP contribution in [-0.4, -0.2) is 42.1 Å². The zero-order chi connectivity index (χ0) is 24.1. The molecule has 1 fully saturated rings. The largest absolute Gasteiger partial charge is 0.356 e. The fraction of sp³-hybridized carbons (Fsp3) is 0.292. The van der Waals surface area contributed by atoms with Crippen LogP contribution >= 0.6 is 46.4 Å². The number of piperidine rings is 1. The van der Waals surface area contributed by atoms with E-state index in [0.717, 1.165) is 5.56 Å². The van der Waals surface area contributed by atoms with E-state index in [1.54, 1.807) is 41.3 Å². The van der Waals surface area contributed by atoms with Crippen molar-refractivity contribution in [1.29, 1.82) is 0 Å². The molecule has 0 saturated carbocycles. The lowest BCUT2D eigenvalue weighted by Crippen LogP contribution is -2.46. The number of hydrogen-bond acceptors (Lipinski definition) is 3. The van der Waals surface area contributed by atoms with E-state index in [1.165, 1.54) is 6.92 Å². The van der Waals surface area contributed by atoms with E-state index in [2.05, 4.69) is 5.32 Å². The molecule has 0 aromatic heterocycles. The van der Waals surface area contributed by atoms with Crippen molar-refractivity contribution in [3.05, 3.63) is 73.2 Å². The lowest BCUT2D eigenvalue weighted by Gasteiger charge is -2.34. The van der Waals surface area contributed by atoms with Crippen LogP contribution in [0.4, 0.5) is 0 Å². The monoisotopic (exact) mass is 526 g/mol. The molecule has 0 spiro atoms. The Hall–Kier alpha value is -2.05. The molecule has 2 amide bonds. The summed E-state index contributed by atoms with van der Waals surface area (Å²) >= 11 is 24.3. The van der Waals surface area contributed by atoms with Crippen molar-refractivity contribution in [2.75, 3.05) is 19.6 Å². The molecule has 2 aromatic rings. The molecular weight excluding hydrogens is 506 g/mol. The van der Waals surface area contributed by atoms with Gasteiger partial charge in [0, 0.05) is 44.5 Å². The van der Waals surface area contributed by atoms with E-state index in [4.69, 9.17) is 46.4 Å². The number of carbonyl (C=O) groups excluding carboxylic acids is 3. The van der Waals surface area contributed by atoms with Gasteiger partial charge in [-0.1, -0.05) is 58.5 Å². The number of ketones is 1. The molecule has 1 saturated heterocycles. The molecule has 1 aliphatic heterocycles. The Morgan fingerprint density at radius 2 is 1.70 bits per heavy atom. The highest BCUT2D eigenvalue weighted by molar-refractivity contribution is 6.42. The smallest absolute Gasteiger partial charge is 0.224 e. The molecule has 1 unspecified atom stereocenters. The van der Waals surface area contributed by atoms with Gasteiger partial charge in [-0.25, -0.2) is 0 Å². The van der Waals surface area contributed by atoms with Gasteiger partial charge in [-0.3, -0.25) is 14.4 Å². The Morgan fingerprint density at radius 3 is 2.33 bits per heavy atom. The van der Waals surface area contributed by atoms with Crippen LogP contribution < -0.4 is 5.32 Å². The number of halogens is 4. The number of likely N-dealkylation sites (tertiary alicyclic amines) is 1. The molecule has 3 rings (SSSR count). The lowest BCUT2D eigenvalue weighted by atomic mass is 9.86. The topological polar surface area (TPSA) is 66.5 Å². The molecule has 33 heavy (non-hydrogen) atoms. The predicted molar refractivity (Wildman–Crippen MR) is 133 cm³/mol. The average Bonchev–Trinajstić information content (AvgIpc) is 2.75. The Balaban J connectivity index is 1.87. The molecule has 9 heteroatoms. The van der Waals surface area contributed by atoms with Gasteiger partial charge in [-0.05, 0) is 47.9 Å². The summed E-state index contributed by atoms with van der Waals surface area (Å²) in [6.45, 7) is 2.09. The molecule has 1 heterocycles. The van der Waals surface area contributed by atoms with E-state index < -0.39 is 5.92 Å². The summed E-state index contributed by atoms with van der Waals surface area (Å²) in [6, 6.07) is 10.3. The van der Waals surface area contributed by atoms with Gasteiger partial charge >= 0.3 is 0 Å². The van der Waals surface area contributed by atoms with Crippen LogP contribution in [0.1, 0.15) is 24.5 Å². The molecular formula is C24H22Cl4N2O3. The fourth-order valence-corrected chi connectivity index (χ4v) is 4.31. The van der Waals surface area contributed by atoms with E-state index >= 15 is 0 Å². The molecule has 1 aliphatic rings. The summed E-state index contributed by atoms with van der Waals surface area (Å²) in [4.78, 5) is 38.9. The van der Waals surface area contributed by atoms with Crippen LogP contribution in [-0.2, 0) is 20.8 Å². The van der Waals surface area contributed by atoms with Crippen LogP contribution in [0.5, 0.6) is 0 Å². The van der Waals surface area contributed by atoms with Crippen molar-refractivity contribution in [3.63, 3.8) is 0 Å². The van der Waals surface area contributed by atoms with E-state index in [-0.39, 0.29) is 43.7 Å². The molecule has 1 atom stereocenters. The predicted octanol–water partition coefficient (Wildman–Crippen LogP) is 5.48. The average molecular weight is 528 g/mol. The second kappa shape index (κ2) is 11.4. The third-order valence-corrected chi connectivity index (χ3v) is 6.78. The second-order valence-electron chi connectivity index (χ2n) is 7.86. The van der Waals surface area contributed by atoms with Gasteiger partial charge in [0.25, 0.3) is 0 Å². The molecule has 2 aromatic carbocycles. The van der Waals surface area contributed by atoms with E-state index in [1.807, 2.05) is 6.07 Å². The highest BCUT2D eigenvalue weighted by atomic mass is 35.5. The minimum absolute atomic E-state index is 0.0435. The minimum Gasteiger partial charge on any atom is -0.356 e. The fourth-order valence-electron chi connectivity index (χ4n) is 3.68. The van der Waals surface area contributed by atoms with Crippen molar-refractivity contribution >= 4 is 70.1 Å². The first-order chi connectivity index (χ1) is 15.6. The van der Waals surface area contributed by atoms with Crippen LogP contribution in [0, 0.1) is 5.92 Å². The number of Topliss-reactive ketones (excluding diaryl/α,β-unsaturated/α-hetero) is 1. The zero-order valence-electron chi connectivity index (χ0n) is 17.8. The number of nitrogens with one attached hydrogen (secondary N) is 1. The van der Waals surface area contributed by atoms with Gasteiger partial charge in [0.1, 0.15) is 0 Å². The Bertz CT molecular complexity index is 1120. The third kappa shape index (κ3) is 6.97. The molecule has 174 valence electrons. The van der Waals surface area contributed by atoms with Gasteiger partial charge in [0.05, 0.1) is 20.1 Å². The third-order valence-electron chi connectivity index (χ3n) is 5.31. The van der Waals surface area contributed by atoms with Gasteiger partial charge in [0.2, 0.25) is 11.8 Å². The summed E-state index contributed by atoms with van der Waals surface area (Å²) in [7, 11) is 0. The van der Waals surface area contributed by atoms with Crippen LogP contribution in [0.2, 0.25) is 20.1 Å². The van der Waals surface area contributed by atoms with Crippen LogP contribution in [0.25, 0.3) is 6.08 Å². The zero-order valence-corrected chi connectivity index (χ0v) is 20.9. The van der Waals surface area contributed by atoms with Crippen molar-refractivity contribution in [3.8, 4) is 0 Å². The molecule has 0 bridgehead atoms. The number of amides is 2. The molecule has 0 aliphatic carbocycles. The van der Waals surface area contributed by atoms with Crippen molar-refractivity contribution in [2.45, 2.75) is 19.8 Å². The second-order valence-corrected chi connectivity index (χ2v) is 9.49. The Kier molecular flexibility index (Phi) is 8.82. The first kappa shape index (κ1) is 25.6. The van der Waals surface area contributed by atoms with Crippen molar-refractivity contribution in [2.24, 2.45) is 5.92 Å². The summed E-state index contributed by atoms with van der Waals surface area (Å²) in [5, 5.41) is 4.27. The molecule has 1 N–H and O–H groups in total. The van der Waals surface area contributed by atoms with E-state index in [9.17, 15) is 14.4 Å². The quantitative estimate of drug-likeness (QED) is 0.506. The summed E-state index contributed by atoms with van der Waals surface area (Å²) in [5.74, 6) is -0.836. The van der Waals surface area contributed by atoms with Crippen molar-refractivity contribution in [1.82, 2.24) is 10.2 Å². The number of nitrogens with zero attached hydrogens (tertiary/aromatic N) is 1. The number of benzene rings is 2. The molecule has 5 nitrogen and oxygen atoms in total. The SMILES string of the molecule is CC(=O)NCCC(=O)N1C/C(=C\c2ccc(Cl)c(Cl)c2)C(=O)C(Cc2ccc(Cl)c(Cl)c2)C1. The summed E-state index contributed by atoms with van der Waals surface area (Å²) < 4.78 is 0. The van der Waals surface area contributed by atoms with Crippen molar-refractivity contribution < 1.29 is 14.4 Å². The van der Waals surface area contributed by atoms with Gasteiger partial charge < -0.3 is 10.2 Å².